The maximum Gasteiger partial charge on any atom is 0.0879 e. The molecule has 0 radical (unpaired) electrons. The molecule has 1 N–H and O–H groups in total. The van der Waals surface area contributed by atoms with Crippen LogP contribution in [0.25, 0.3) is 49.5 Å². The minimum absolute atomic E-state index is 0.0785. The summed E-state index contributed by atoms with van der Waals surface area (Å²) in [6, 6.07) is 36.9. The molecule has 216 valence electrons. The van der Waals surface area contributed by atoms with Gasteiger partial charge in [-0.3, -0.25) is 9.97 Å². The average Bonchev–Trinajstić information content (AvgIpc) is 3.42. The van der Waals surface area contributed by atoms with E-state index in [0.29, 0.717) is 0 Å². The van der Waals surface area contributed by atoms with Crippen molar-refractivity contribution in [1.82, 2.24) is 19.9 Å². The number of allylic oxidation sites excluding steroid dienone is 2. The van der Waals surface area contributed by atoms with E-state index in [-0.39, 0.29) is 11.5 Å². The molecule has 1 unspecified atom stereocenters. The quantitative estimate of drug-likeness (QED) is 0.208. The zero-order valence-corrected chi connectivity index (χ0v) is 26.5. The third-order valence-corrected chi connectivity index (χ3v) is 10.00. The maximum absolute atomic E-state index is 4.69. The van der Waals surface area contributed by atoms with Crippen LogP contribution >= 0.6 is 15.9 Å². The molecule has 3 aromatic heterocycles. The molecule has 2 aliphatic heterocycles. The van der Waals surface area contributed by atoms with Crippen LogP contribution in [0.15, 0.2) is 132 Å². The highest BCUT2D eigenvalue weighted by Gasteiger charge is 2.36. The van der Waals surface area contributed by atoms with Crippen molar-refractivity contribution < 1.29 is 0 Å². The van der Waals surface area contributed by atoms with E-state index in [0.717, 1.165) is 27.1 Å². The first-order chi connectivity index (χ1) is 22.0. The van der Waals surface area contributed by atoms with Crippen molar-refractivity contribution >= 4 is 59.8 Å². The highest BCUT2D eigenvalue weighted by molar-refractivity contribution is 9.10. The normalized spacial score (nSPS) is 16.7. The van der Waals surface area contributed by atoms with Crippen LogP contribution in [-0.4, -0.2) is 14.5 Å². The van der Waals surface area contributed by atoms with Gasteiger partial charge < -0.3 is 9.88 Å². The number of rotatable bonds is 3. The number of hydrogen-bond acceptors (Lipinski definition) is 3. The monoisotopic (exact) mass is 644 g/mol. The fourth-order valence-corrected chi connectivity index (χ4v) is 7.82. The number of halogens is 1. The Hall–Kier alpha value is -5.00. The van der Waals surface area contributed by atoms with E-state index in [2.05, 4.69) is 135 Å². The topological polar surface area (TPSA) is 42.7 Å². The van der Waals surface area contributed by atoms with E-state index in [1.165, 1.54) is 55.0 Å². The average molecular weight is 646 g/mol. The van der Waals surface area contributed by atoms with Gasteiger partial charge >= 0.3 is 0 Å². The van der Waals surface area contributed by atoms with Gasteiger partial charge in [-0.05, 0) is 99.8 Å². The molecule has 2 aliphatic rings. The number of pyridine rings is 2. The van der Waals surface area contributed by atoms with Gasteiger partial charge in [0.2, 0.25) is 0 Å². The van der Waals surface area contributed by atoms with Crippen LogP contribution in [0.3, 0.4) is 0 Å². The van der Waals surface area contributed by atoms with Crippen LogP contribution in [0.2, 0.25) is 0 Å². The van der Waals surface area contributed by atoms with E-state index >= 15 is 0 Å². The molecule has 0 bridgehead atoms. The summed E-state index contributed by atoms with van der Waals surface area (Å²) >= 11 is 3.89. The molecule has 0 saturated carbocycles. The van der Waals surface area contributed by atoms with Gasteiger partial charge in [-0.2, -0.15) is 0 Å². The van der Waals surface area contributed by atoms with E-state index in [1.54, 1.807) is 0 Å². The molecule has 9 rings (SSSR count). The predicted molar refractivity (Wildman–Crippen MR) is 188 cm³/mol. The lowest BCUT2D eigenvalue weighted by Gasteiger charge is -2.35. The number of benzene rings is 4. The second kappa shape index (κ2) is 9.75. The Morgan fingerprint density at radius 2 is 1.60 bits per heavy atom. The van der Waals surface area contributed by atoms with Crippen LogP contribution in [-0.2, 0) is 5.41 Å². The minimum atomic E-state index is -0.227. The molecule has 5 heterocycles. The fraction of sp³-hybridized carbons (Fsp3) is 0.100. The highest BCUT2D eigenvalue weighted by atomic mass is 79.9. The van der Waals surface area contributed by atoms with Crippen LogP contribution in [0.1, 0.15) is 48.0 Å². The van der Waals surface area contributed by atoms with Gasteiger partial charge in [0.15, 0.2) is 0 Å². The Labute approximate surface area is 269 Å². The van der Waals surface area contributed by atoms with Crippen molar-refractivity contribution in [2.24, 2.45) is 0 Å². The maximum atomic E-state index is 4.69. The van der Waals surface area contributed by atoms with Crippen molar-refractivity contribution in [3.63, 3.8) is 0 Å². The van der Waals surface area contributed by atoms with Crippen LogP contribution in [0.5, 0.6) is 0 Å². The largest absolute Gasteiger partial charge is 0.371 e. The molecule has 0 spiro atoms. The summed E-state index contributed by atoms with van der Waals surface area (Å²) in [7, 11) is 0. The third-order valence-electron chi connectivity index (χ3n) is 9.54. The standard InChI is InChI=1S/C40H29BrN4/c1-40(2)30-19-25(26-20-34(32-11-5-7-17-42-32)44-35(21-26)33-12-6-8-18-43-33)14-15-36(30)45-37-16-13-24-9-3-4-10-28(24)38(37)29-22-27(41)23-31(40)39(29)45/h3-23,34,44H,1-2H3. The SMILES string of the molecule is CC1(C)c2cc(C3=CC(c4ccccn4)NC(c4ccccn4)=C3)ccc2-n2c3ccc4ccccc4c3c3cc(Br)cc1c32. The number of nitrogens with one attached hydrogen (secondary N) is 1. The Bertz CT molecular complexity index is 2380. The number of aromatic nitrogens is 3. The number of fused-ring (bicyclic) bond motifs is 7. The lowest BCUT2D eigenvalue weighted by atomic mass is 9.74. The van der Waals surface area contributed by atoms with Crippen LogP contribution in [0.4, 0.5) is 0 Å². The number of hydrogen-bond donors (Lipinski definition) is 1. The van der Waals surface area contributed by atoms with Crippen molar-refractivity contribution in [3.8, 4) is 5.69 Å². The van der Waals surface area contributed by atoms with Crippen LogP contribution in [0, 0.1) is 0 Å². The lowest BCUT2D eigenvalue weighted by Crippen LogP contribution is -2.27. The minimum Gasteiger partial charge on any atom is -0.371 e. The van der Waals surface area contributed by atoms with Crippen molar-refractivity contribution in [1.29, 1.82) is 0 Å². The highest BCUT2D eigenvalue weighted by Crippen LogP contribution is 2.50. The van der Waals surface area contributed by atoms with Crippen molar-refractivity contribution in [2.45, 2.75) is 25.3 Å². The van der Waals surface area contributed by atoms with Gasteiger partial charge in [0, 0.05) is 33.1 Å². The van der Waals surface area contributed by atoms with Crippen molar-refractivity contribution in [2.75, 3.05) is 0 Å². The van der Waals surface area contributed by atoms with E-state index in [1.807, 2.05) is 42.7 Å². The number of dihydropyridines is 1. The first kappa shape index (κ1) is 26.4. The van der Waals surface area contributed by atoms with E-state index < -0.39 is 0 Å². The van der Waals surface area contributed by atoms with Gasteiger partial charge in [-0.15, -0.1) is 0 Å². The van der Waals surface area contributed by atoms with Gasteiger partial charge in [0.25, 0.3) is 0 Å². The molecule has 1 atom stereocenters. The molecule has 45 heavy (non-hydrogen) atoms. The fourth-order valence-electron chi connectivity index (χ4n) is 7.37. The van der Waals surface area contributed by atoms with Crippen LogP contribution < -0.4 is 5.32 Å². The zero-order chi connectivity index (χ0) is 30.3. The van der Waals surface area contributed by atoms with Gasteiger partial charge in [-0.1, -0.05) is 78.3 Å². The molecule has 4 nitrogen and oxygen atoms in total. The summed E-state index contributed by atoms with van der Waals surface area (Å²) < 4.78 is 3.60. The van der Waals surface area contributed by atoms with E-state index in [4.69, 9.17) is 0 Å². The second-order valence-corrected chi connectivity index (χ2v) is 13.4. The molecular formula is C40H29BrN4. The van der Waals surface area contributed by atoms with Gasteiger partial charge in [-0.25, -0.2) is 0 Å². The summed E-state index contributed by atoms with van der Waals surface area (Å²) in [5, 5.41) is 8.82. The summed E-state index contributed by atoms with van der Waals surface area (Å²) in [5.41, 5.74) is 11.4. The van der Waals surface area contributed by atoms with Gasteiger partial charge in [0.05, 0.1) is 39.8 Å². The number of nitrogens with zero attached hydrogens (tertiary/aromatic N) is 3. The Morgan fingerprint density at radius 3 is 2.42 bits per heavy atom. The first-order valence-corrected chi connectivity index (χ1v) is 16.1. The molecule has 0 aliphatic carbocycles. The smallest absolute Gasteiger partial charge is 0.0879 e. The Kier molecular flexibility index (Phi) is 5.72. The van der Waals surface area contributed by atoms with E-state index in [9.17, 15) is 0 Å². The zero-order valence-electron chi connectivity index (χ0n) is 24.9. The summed E-state index contributed by atoms with van der Waals surface area (Å²) in [6.45, 7) is 4.72. The summed E-state index contributed by atoms with van der Waals surface area (Å²) in [5.74, 6) is 0. The van der Waals surface area contributed by atoms with Gasteiger partial charge in [0.1, 0.15) is 0 Å². The third kappa shape index (κ3) is 3.97. The predicted octanol–water partition coefficient (Wildman–Crippen LogP) is 9.90. The molecule has 7 aromatic rings. The molecule has 0 amide bonds. The molecule has 0 fully saturated rings. The Balaban J connectivity index is 1.29. The first-order valence-electron chi connectivity index (χ1n) is 15.3. The molecule has 0 saturated heterocycles. The lowest BCUT2D eigenvalue weighted by molar-refractivity contribution is 0.629. The van der Waals surface area contributed by atoms with Crippen molar-refractivity contribution in [3.05, 3.63) is 160 Å². The summed E-state index contributed by atoms with van der Waals surface area (Å²) in [4.78, 5) is 9.35. The molecule has 4 aromatic carbocycles. The summed E-state index contributed by atoms with van der Waals surface area (Å²) in [6.07, 6.45) is 8.20. The molecule has 5 heteroatoms. The molecular weight excluding hydrogens is 616 g/mol. The second-order valence-electron chi connectivity index (χ2n) is 12.5. The Morgan fingerprint density at radius 1 is 0.778 bits per heavy atom.